The van der Waals surface area contributed by atoms with Crippen LogP contribution in [0.15, 0.2) is 66.7 Å². The Hall–Kier alpha value is -3.38. The first-order valence-corrected chi connectivity index (χ1v) is 10.5. The summed E-state index contributed by atoms with van der Waals surface area (Å²) in [5.41, 5.74) is 1.50. The molecule has 3 aromatic carbocycles. The molecule has 0 bridgehead atoms. The largest absolute Gasteiger partial charge is 0.493 e. The van der Waals surface area contributed by atoms with Crippen LogP contribution in [0.1, 0.15) is 28.9 Å². The molecular formula is C25H26N2O4. The molecule has 4 rings (SSSR count). The first-order chi connectivity index (χ1) is 15.2. The van der Waals surface area contributed by atoms with Crippen molar-refractivity contribution in [3.8, 4) is 5.75 Å². The second kappa shape index (κ2) is 9.62. The summed E-state index contributed by atoms with van der Waals surface area (Å²) in [6.45, 7) is 3.70. The molecule has 31 heavy (non-hydrogen) atoms. The molecule has 1 aliphatic rings. The van der Waals surface area contributed by atoms with E-state index in [1.54, 1.807) is 11.0 Å². The lowest BCUT2D eigenvalue weighted by Crippen LogP contribution is -2.46. The minimum Gasteiger partial charge on any atom is -0.493 e. The first kappa shape index (κ1) is 20.9. The number of carbonyl (C=O) groups excluding carboxylic acids is 2. The smallest absolute Gasteiger partial charge is 0.256 e. The highest BCUT2D eigenvalue weighted by molar-refractivity contribution is 6.10. The third-order valence-corrected chi connectivity index (χ3v) is 5.41. The number of hydrogen-bond acceptors (Lipinski definition) is 4. The summed E-state index contributed by atoms with van der Waals surface area (Å²) >= 11 is 0. The van der Waals surface area contributed by atoms with Gasteiger partial charge in [0.1, 0.15) is 11.9 Å². The number of hydrogen-bond donors (Lipinski definition) is 1. The molecule has 3 aromatic rings. The van der Waals surface area contributed by atoms with Gasteiger partial charge in [-0.05, 0) is 29.3 Å². The molecular weight excluding hydrogens is 392 g/mol. The first-order valence-electron chi connectivity index (χ1n) is 10.5. The predicted molar refractivity (Wildman–Crippen MR) is 119 cm³/mol. The maximum atomic E-state index is 13.0. The Morgan fingerprint density at radius 2 is 1.84 bits per heavy atom. The Labute approximate surface area is 181 Å². The number of amides is 2. The third-order valence-electron chi connectivity index (χ3n) is 5.41. The van der Waals surface area contributed by atoms with Crippen LogP contribution in [0.25, 0.3) is 10.8 Å². The molecule has 6 heteroatoms. The molecule has 0 radical (unpaired) electrons. The predicted octanol–water partition coefficient (Wildman–Crippen LogP) is 3.57. The van der Waals surface area contributed by atoms with Crippen LogP contribution in [0.2, 0.25) is 0 Å². The second-order valence-electron chi connectivity index (χ2n) is 7.39. The molecule has 0 saturated carbocycles. The van der Waals surface area contributed by atoms with Gasteiger partial charge in [0.25, 0.3) is 5.91 Å². The molecule has 1 saturated heterocycles. The van der Waals surface area contributed by atoms with Crippen molar-refractivity contribution in [1.29, 1.82) is 0 Å². The summed E-state index contributed by atoms with van der Waals surface area (Å²) in [6.07, 6.45) is -0.155. The van der Waals surface area contributed by atoms with E-state index in [0.29, 0.717) is 37.6 Å². The SMILES string of the molecule is CCOc1ccc2ccccc2c1C(=O)NCC(=O)N1CCOC(c2ccccc2)C1. The third kappa shape index (κ3) is 4.70. The molecule has 0 spiro atoms. The monoisotopic (exact) mass is 418 g/mol. The van der Waals surface area contributed by atoms with Gasteiger partial charge in [0, 0.05) is 6.54 Å². The molecule has 2 amide bonds. The lowest BCUT2D eigenvalue weighted by molar-refractivity contribution is -0.137. The van der Waals surface area contributed by atoms with Crippen LogP contribution in [0, 0.1) is 0 Å². The Morgan fingerprint density at radius 3 is 2.65 bits per heavy atom. The number of nitrogens with one attached hydrogen (secondary N) is 1. The van der Waals surface area contributed by atoms with Crippen molar-refractivity contribution in [2.24, 2.45) is 0 Å². The van der Waals surface area contributed by atoms with Crippen molar-refractivity contribution in [2.45, 2.75) is 13.0 Å². The van der Waals surface area contributed by atoms with Gasteiger partial charge in [-0.25, -0.2) is 0 Å². The van der Waals surface area contributed by atoms with Gasteiger partial charge in [-0.15, -0.1) is 0 Å². The molecule has 1 atom stereocenters. The number of ether oxygens (including phenoxy) is 2. The van der Waals surface area contributed by atoms with E-state index in [9.17, 15) is 9.59 Å². The number of carbonyl (C=O) groups is 2. The fourth-order valence-electron chi connectivity index (χ4n) is 3.86. The summed E-state index contributed by atoms with van der Waals surface area (Å²) in [5, 5.41) is 4.54. The molecule has 6 nitrogen and oxygen atoms in total. The van der Waals surface area contributed by atoms with Crippen LogP contribution in [-0.4, -0.2) is 49.6 Å². The van der Waals surface area contributed by atoms with Crippen LogP contribution >= 0.6 is 0 Å². The van der Waals surface area contributed by atoms with Gasteiger partial charge in [-0.1, -0.05) is 60.7 Å². The average Bonchev–Trinajstić information content (AvgIpc) is 2.83. The van der Waals surface area contributed by atoms with E-state index in [1.165, 1.54) is 0 Å². The van der Waals surface area contributed by atoms with Crippen LogP contribution < -0.4 is 10.1 Å². The normalized spacial score (nSPS) is 16.2. The van der Waals surface area contributed by atoms with E-state index in [1.807, 2.05) is 67.6 Å². The maximum absolute atomic E-state index is 13.0. The average molecular weight is 418 g/mol. The van der Waals surface area contributed by atoms with E-state index in [0.717, 1.165) is 16.3 Å². The zero-order chi connectivity index (χ0) is 21.6. The number of morpholine rings is 1. The minimum atomic E-state index is -0.318. The van der Waals surface area contributed by atoms with Gasteiger partial charge in [0.15, 0.2) is 0 Å². The van der Waals surface area contributed by atoms with Gasteiger partial charge >= 0.3 is 0 Å². The van der Waals surface area contributed by atoms with Gasteiger partial charge in [-0.3, -0.25) is 9.59 Å². The van der Waals surface area contributed by atoms with Crippen LogP contribution in [0.4, 0.5) is 0 Å². The Morgan fingerprint density at radius 1 is 1.06 bits per heavy atom. The van der Waals surface area contributed by atoms with Crippen molar-refractivity contribution in [1.82, 2.24) is 10.2 Å². The van der Waals surface area contributed by atoms with Crippen molar-refractivity contribution >= 4 is 22.6 Å². The van der Waals surface area contributed by atoms with E-state index in [-0.39, 0.29) is 24.5 Å². The van der Waals surface area contributed by atoms with Gasteiger partial charge < -0.3 is 19.7 Å². The fourth-order valence-corrected chi connectivity index (χ4v) is 3.86. The van der Waals surface area contributed by atoms with Crippen molar-refractivity contribution in [2.75, 3.05) is 32.8 Å². The standard InChI is InChI=1S/C25H26N2O4/c1-2-30-21-13-12-18-8-6-7-11-20(18)24(21)25(29)26-16-23(28)27-14-15-31-22(17-27)19-9-4-3-5-10-19/h3-13,22H,2,14-17H2,1H3,(H,26,29). The molecule has 1 unspecified atom stereocenters. The van der Waals surface area contributed by atoms with Crippen molar-refractivity contribution in [3.05, 3.63) is 77.9 Å². The Balaban J connectivity index is 1.45. The summed E-state index contributed by atoms with van der Waals surface area (Å²) in [4.78, 5) is 27.6. The lowest BCUT2D eigenvalue weighted by Gasteiger charge is -2.33. The molecule has 1 N–H and O–H groups in total. The summed E-state index contributed by atoms with van der Waals surface area (Å²) in [7, 11) is 0. The summed E-state index contributed by atoms with van der Waals surface area (Å²) < 4.78 is 11.5. The van der Waals surface area contributed by atoms with Crippen molar-refractivity contribution < 1.29 is 19.1 Å². The van der Waals surface area contributed by atoms with Gasteiger partial charge in [0.2, 0.25) is 5.91 Å². The maximum Gasteiger partial charge on any atom is 0.256 e. The zero-order valence-corrected chi connectivity index (χ0v) is 17.5. The van der Waals surface area contributed by atoms with Crippen LogP contribution in [-0.2, 0) is 9.53 Å². The topological polar surface area (TPSA) is 67.9 Å². The zero-order valence-electron chi connectivity index (χ0n) is 17.5. The number of rotatable bonds is 6. The van der Waals surface area contributed by atoms with E-state index in [4.69, 9.17) is 9.47 Å². The highest BCUT2D eigenvalue weighted by Crippen LogP contribution is 2.28. The van der Waals surface area contributed by atoms with E-state index >= 15 is 0 Å². The molecule has 1 heterocycles. The second-order valence-corrected chi connectivity index (χ2v) is 7.39. The summed E-state index contributed by atoms with van der Waals surface area (Å²) in [6, 6.07) is 21.2. The highest BCUT2D eigenvalue weighted by atomic mass is 16.5. The van der Waals surface area contributed by atoms with Gasteiger partial charge in [-0.2, -0.15) is 0 Å². The van der Waals surface area contributed by atoms with Crippen molar-refractivity contribution in [3.63, 3.8) is 0 Å². The quantitative estimate of drug-likeness (QED) is 0.665. The molecule has 0 aliphatic carbocycles. The lowest BCUT2D eigenvalue weighted by atomic mass is 10.0. The Bertz CT molecular complexity index is 1070. The van der Waals surface area contributed by atoms with E-state index < -0.39 is 0 Å². The number of fused-ring (bicyclic) bond motifs is 1. The van der Waals surface area contributed by atoms with Crippen LogP contribution in [0.5, 0.6) is 5.75 Å². The highest BCUT2D eigenvalue weighted by Gasteiger charge is 2.26. The Kier molecular flexibility index (Phi) is 6.48. The number of benzene rings is 3. The molecule has 1 fully saturated rings. The van der Waals surface area contributed by atoms with Crippen LogP contribution in [0.3, 0.4) is 0 Å². The summed E-state index contributed by atoms with van der Waals surface area (Å²) in [5.74, 6) is 0.0684. The minimum absolute atomic E-state index is 0.0743. The fraction of sp³-hybridized carbons (Fsp3) is 0.280. The van der Waals surface area contributed by atoms with E-state index in [2.05, 4.69) is 5.32 Å². The molecule has 1 aliphatic heterocycles. The number of nitrogens with zero attached hydrogens (tertiary/aromatic N) is 1. The molecule has 160 valence electrons. The van der Waals surface area contributed by atoms with Gasteiger partial charge in [0.05, 0.1) is 31.9 Å². The molecule has 0 aromatic heterocycles.